The number of nitriles is 1. The van der Waals surface area contributed by atoms with E-state index in [0.29, 0.717) is 18.4 Å². The Morgan fingerprint density at radius 3 is 2.80 bits per heavy atom. The van der Waals surface area contributed by atoms with Gasteiger partial charge in [0, 0.05) is 36.1 Å². The third-order valence-corrected chi connectivity index (χ3v) is 6.93. The van der Waals surface area contributed by atoms with E-state index >= 15 is 0 Å². The maximum absolute atomic E-state index is 12.3. The number of rotatable bonds is 5. The first-order chi connectivity index (χ1) is 12.2. The number of hydrogen-bond donors (Lipinski definition) is 2. The van der Waals surface area contributed by atoms with E-state index in [1.54, 1.807) is 11.3 Å². The van der Waals surface area contributed by atoms with Crippen LogP contribution in [0.3, 0.4) is 0 Å². The van der Waals surface area contributed by atoms with E-state index in [1.807, 2.05) is 17.3 Å². The zero-order valence-electron chi connectivity index (χ0n) is 14.4. The maximum atomic E-state index is 12.3. The van der Waals surface area contributed by atoms with Gasteiger partial charge in [-0.05, 0) is 31.6 Å². The largest absolute Gasteiger partial charge is 0.356 e. The van der Waals surface area contributed by atoms with Crippen LogP contribution in [-0.4, -0.2) is 40.5 Å². The van der Waals surface area contributed by atoms with Crippen molar-refractivity contribution in [3.05, 3.63) is 11.1 Å². The van der Waals surface area contributed by atoms with Crippen LogP contribution in [-0.2, 0) is 4.79 Å². The zero-order valence-corrected chi connectivity index (χ0v) is 15.2. The summed E-state index contributed by atoms with van der Waals surface area (Å²) in [5.41, 5.74) is 0. The van der Waals surface area contributed by atoms with Crippen LogP contribution in [0.1, 0.15) is 62.2 Å². The molecule has 134 valence electrons. The van der Waals surface area contributed by atoms with Crippen molar-refractivity contribution < 1.29 is 4.79 Å². The summed E-state index contributed by atoms with van der Waals surface area (Å²) in [6.07, 6.45) is 12.9. The van der Waals surface area contributed by atoms with Crippen molar-refractivity contribution in [2.75, 3.05) is 11.9 Å². The number of thiazole rings is 1. The van der Waals surface area contributed by atoms with E-state index in [9.17, 15) is 4.79 Å². The Morgan fingerprint density at radius 2 is 2.04 bits per heavy atom. The summed E-state index contributed by atoms with van der Waals surface area (Å²) in [6.45, 7) is 0.751. The molecule has 1 saturated heterocycles. The molecule has 1 aromatic heterocycles. The molecule has 2 aliphatic carbocycles. The normalized spacial score (nSPS) is 30.0. The Kier molecular flexibility index (Phi) is 4.80. The fourth-order valence-corrected chi connectivity index (χ4v) is 5.40. The molecule has 0 bridgehead atoms. The summed E-state index contributed by atoms with van der Waals surface area (Å²) >= 11 is 1.77. The zero-order chi connectivity index (χ0) is 17.2. The van der Waals surface area contributed by atoms with Crippen molar-refractivity contribution in [3.63, 3.8) is 0 Å². The molecule has 1 atom stereocenters. The molecule has 0 aromatic carbocycles. The van der Waals surface area contributed by atoms with Crippen LogP contribution < -0.4 is 10.6 Å². The summed E-state index contributed by atoms with van der Waals surface area (Å²) < 4.78 is 0. The average Bonchev–Trinajstić information content (AvgIpc) is 3.19. The Morgan fingerprint density at radius 1 is 1.24 bits per heavy atom. The van der Waals surface area contributed by atoms with Gasteiger partial charge in [0.25, 0.3) is 0 Å². The van der Waals surface area contributed by atoms with Gasteiger partial charge in [0.1, 0.15) is 0 Å². The van der Waals surface area contributed by atoms with Crippen LogP contribution in [0.2, 0.25) is 0 Å². The van der Waals surface area contributed by atoms with Crippen molar-refractivity contribution in [2.45, 2.75) is 75.4 Å². The van der Waals surface area contributed by atoms with Crippen LogP contribution in [0.5, 0.6) is 0 Å². The van der Waals surface area contributed by atoms with E-state index in [2.05, 4.69) is 15.6 Å². The van der Waals surface area contributed by atoms with Crippen LogP contribution in [0.25, 0.3) is 0 Å². The van der Waals surface area contributed by atoms with Gasteiger partial charge in [-0.3, -0.25) is 4.79 Å². The SMILES string of the molecule is N#CNC1CC(N2CC(Nc3ncc(C4CCCCC4)s3)CC2=O)C1. The van der Waals surface area contributed by atoms with Gasteiger partial charge in [0.05, 0.1) is 6.04 Å². The first-order valence-electron chi connectivity index (χ1n) is 9.39. The first-order valence-corrected chi connectivity index (χ1v) is 10.2. The molecule has 2 N–H and O–H groups in total. The monoisotopic (exact) mass is 359 g/mol. The molecule has 3 aliphatic rings. The second-order valence-electron chi connectivity index (χ2n) is 7.57. The highest BCUT2D eigenvalue weighted by Crippen LogP contribution is 2.37. The predicted molar refractivity (Wildman–Crippen MR) is 97.2 cm³/mol. The standard InChI is InChI=1S/C18H25N5OS/c19-11-21-13-6-15(7-13)23-10-14(8-17(23)24)22-18-20-9-16(25-18)12-4-2-1-3-5-12/h9,12-15,21H,1-8,10H2,(H,20,22). The number of likely N-dealkylation sites (tertiary alicyclic amines) is 1. The molecule has 1 aliphatic heterocycles. The summed E-state index contributed by atoms with van der Waals surface area (Å²) in [7, 11) is 0. The lowest BCUT2D eigenvalue weighted by atomic mass is 9.86. The molecular weight excluding hydrogens is 334 g/mol. The third kappa shape index (κ3) is 3.59. The molecule has 2 saturated carbocycles. The van der Waals surface area contributed by atoms with Gasteiger partial charge in [-0.15, -0.1) is 11.3 Å². The van der Waals surface area contributed by atoms with Gasteiger partial charge >= 0.3 is 0 Å². The maximum Gasteiger partial charge on any atom is 0.225 e. The fourth-order valence-electron chi connectivity index (χ4n) is 4.34. The second-order valence-corrected chi connectivity index (χ2v) is 8.63. The molecule has 1 aromatic rings. The molecule has 1 unspecified atom stereocenters. The number of carbonyl (C=O) groups excluding carboxylic acids is 1. The highest BCUT2D eigenvalue weighted by molar-refractivity contribution is 7.15. The second kappa shape index (κ2) is 7.20. The lowest BCUT2D eigenvalue weighted by Gasteiger charge is -2.40. The minimum atomic E-state index is 0.154. The quantitative estimate of drug-likeness (QED) is 0.624. The number of nitrogens with one attached hydrogen (secondary N) is 2. The predicted octanol–water partition coefficient (Wildman–Crippen LogP) is 2.81. The Hall–Kier alpha value is -1.81. The molecule has 2 heterocycles. The van der Waals surface area contributed by atoms with Crippen molar-refractivity contribution in [3.8, 4) is 6.19 Å². The van der Waals surface area contributed by atoms with Gasteiger partial charge in [-0.2, -0.15) is 5.26 Å². The van der Waals surface area contributed by atoms with E-state index in [0.717, 1.165) is 24.5 Å². The Labute approximate surface area is 152 Å². The van der Waals surface area contributed by atoms with Crippen LogP contribution in [0.4, 0.5) is 5.13 Å². The molecule has 4 rings (SSSR count). The highest BCUT2D eigenvalue weighted by atomic mass is 32.1. The number of carbonyl (C=O) groups is 1. The Bertz CT molecular complexity index is 657. The van der Waals surface area contributed by atoms with Crippen molar-refractivity contribution in [2.24, 2.45) is 0 Å². The van der Waals surface area contributed by atoms with Crippen LogP contribution >= 0.6 is 11.3 Å². The van der Waals surface area contributed by atoms with E-state index < -0.39 is 0 Å². The summed E-state index contributed by atoms with van der Waals surface area (Å²) in [6, 6.07) is 0.687. The number of anilines is 1. The van der Waals surface area contributed by atoms with E-state index in [1.165, 1.54) is 37.0 Å². The Balaban J connectivity index is 1.30. The number of amides is 1. The van der Waals surface area contributed by atoms with Crippen LogP contribution in [0, 0.1) is 11.5 Å². The van der Waals surface area contributed by atoms with E-state index in [4.69, 9.17) is 5.26 Å². The summed E-state index contributed by atoms with van der Waals surface area (Å²) in [5.74, 6) is 0.907. The van der Waals surface area contributed by atoms with Crippen molar-refractivity contribution in [1.29, 1.82) is 5.26 Å². The third-order valence-electron chi connectivity index (χ3n) is 5.84. The minimum Gasteiger partial charge on any atom is -0.356 e. The van der Waals surface area contributed by atoms with Crippen LogP contribution in [0.15, 0.2) is 6.20 Å². The average molecular weight is 359 g/mol. The smallest absolute Gasteiger partial charge is 0.225 e. The molecule has 0 radical (unpaired) electrons. The fraction of sp³-hybridized carbons (Fsp3) is 0.722. The molecule has 25 heavy (non-hydrogen) atoms. The summed E-state index contributed by atoms with van der Waals surface area (Å²) in [4.78, 5) is 20.2. The molecule has 6 nitrogen and oxygen atoms in total. The highest BCUT2D eigenvalue weighted by Gasteiger charge is 2.41. The van der Waals surface area contributed by atoms with Gasteiger partial charge < -0.3 is 15.5 Å². The first kappa shape index (κ1) is 16.6. The molecule has 3 fully saturated rings. The molecule has 1 amide bonds. The molecule has 0 spiro atoms. The number of hydrogen-bond acceptors (Lipinski definition) is 6. The molecular formula is C18H25N5OS. The lowest BCUT2D eigenvalue weighted by Crippen LogP contribution is -2.52. The topological polar surface area (TPSA) is 81.1 Å². The number of nitrogens with zero attached hydrogens (tertiary/aromatic N) is 3. The van der Waals surface area contributed by atoms with Crippen molar-refractivity contribution >= 4 is 22.4 Å². The van der Waals surface area contributed by atoms with Crippen molar-refractivity contribution in [1.82, 2.24) is 15.2 Å². The van der Waals surface area contributed by atoms with Gasteiger partial charge in [-0.25, -0.2) is 4.98 Å². The van der Waals surface area contributed by atoms with Gasteiger partial charge in [0.2, 0.25) is 5.91 Å². The minimum absolute atomic E-state index is 0.154. The number of aromatic nitrogens is 1. The molecule has 7 heteroatoms. The van der Waals surface area contributed by atoms with Gasteiger partial charge in [0.15, 0.2) is 11.3 Å². The lowest BCUT2D eigenvalue weighted by molar-refractivity contribution is -0.131. The van der Waals surface area contributed by atoms with E-state index in [-0.39, 0.29) is 18.0 Å². The van der Waals surface area contributed by atoms with Gasteiger partial charge in [-0.1, -0.05) is 19.3 Å². The summed E-state index contributed by atoms with van der Waals surface area (Å²) in [5, 5.41) is 15.9.